The van der Waals surface area contributed by atoms with Crippen molar-refractivity contribution in [2.45, 2.75) is 33.9 Å². The van der Waals surface area contributed by atoms with Crippen LogP contribution in [-0.2, 0) is 20.2 Å². The molecular weight excluding hydrogens is 338 g/mol. The number of benzene rings is 2. The summed E-state index contributed by atoms with van der Waals surface area (Å²) in [5.41, 5.74) is 5.90. The first-order valence-electron chi connectivity index (χ1n) is 8.98. The van der Waals surface area contributed by atoms with E-state index < -0.39 is 0 Å². The Bertz CT molecular complexity index is 960. The van der Waals surface area contributed by atoms with E-state index in [4.69, 9.17) is 4.74 Å². The number of carbonyl (C=O) groups excluding carboxylic acids is 1. The molecule has 0 radical (unpaired) electrons. The van der Waals surface area contributed by atoms with Crippen molar-refractivity contribution in [3.63, 3.8) is 0 Å². The summed E-state index contributed by atoms with van der Waals surface area (Å²) in [5.74, 6) is 0.767. The minimum Gasteiger partial charge on any atom is -0.489 e. The molecule has 0 spiro atoms. The molecule has 27 heavy (non-hydrogen) atoms. The molecule has 5 heteroatoms. The van der Waals surface area contributed by atoms with Gasteiger partial charge in [0.25, 0.3) is 5.91 Å². The van der Waals surface area contributed by atoms with Gasteiger partial charge < -0.3 is 10.1 Å². The van der Waals surface area contributed by atoms with Gasteiger partial charge in [-0.2, -0.15) is 5.10 Å². The summed E-state index contributed by atoms with van der Waals surface area (Å²) in [6.07, 6.45) is 1.78. The molecule has 0 saturated heterocycles. The summed E-state index contributed by atoms with van der Waals surface area (Å²) in [7, 11) is 1.89. The zero-order chi connectivity index (χ0) is 19.4. The topological polar surface area (TPSA) is 56.1 Å². The predicted octanol–water partition coefficient (Wildman–Crippen LogP) is 3.85. The number of amides is 1. The Kier molecular flexibility index (Phi) is 5.60. The van der Waals surface area contributed by atoms with Crippen molar-refractivity contribution in [1.82, 2.24) is 15.1 Å². The Hall–Kier alpha value is -3.08. The summed E-state index contributed by atoms with van der Waals surface area (Å²) >= 11 is 0. The van der Waals surface area contributed by atoms with Gasteiger partial charge in [0, 0.05) is 30.4 Å². The first-order chi connectivity index (χ1) is 12.9. The van der Waals surface area contributed by atoms with Crippen molar-refractivity contribution in [3.05, 3.63) is 82.2 Å². The van der Waals surface area contributed by atoms with Crippen LogP contribution in [0.25, 0.3) is 0 Å². The summed E-state index contributed by atoms with van der Waals surface area (Å²) in [6.45, 7) is 6.94. The monoisotopic (exact) mass is 363 g/mol. The zero-order valence-corrected chi connectivity index (χ0v) is 16.2. The molecule has 140 valence electrons. The maximum absolute atomic E-state index is 12.5. The van der Waals surface area contributed by atoms with Gasteiger partial charge in [0.15, 0.2) is 0 Å². The molecule has 5 nitrogen and oxygen atoms in total. The lowest BCUT2D eigenvalue weighted by Crippen LogP contribution is -2.23. The van der Waals surface area contributed by atoms with E-state index in [1.807, 2.05) is 58.2 Å². The van der Waals surface area contributed by atoms with E-state index in [2.05, 4.69) is 22.5 Å². The lowest BCUT2D eigenvalue weighted by molar-refractivity contribution is 0.0950. The van der Waals surface area contributed by atoms with E-state index in [9.17, 15) is 4.79 Å². The predicted molar refractivity (Wildman–Crippen MR) is 106 cm³/mol. The fourth-order valence-corrected chi connectivity index (χ4v) is 2.82. The lowest BCUT2D eigenvalue weighted by atomic mass is 10.1. The Morgan fingerprint density at radius 2 is 1.96 bits per heavy atom. The van der Waals surface area contributed by atoms with Crippen LogP contribution in [0.15, 0.2) is 48.7 Å². The SMILES string of the molecule is Cc1ccc(C)c(OCc2cccc(C(=O)NCc3cnn(C)c3C)c2)c1. The van der Waals surface area contributed by atoms with Gasteiger partial charge in [0.05, 0.1) is 6.20 Å². The lowest BCUT2D eigenvalue weighted by Gasteiger charge is -2.11. The van der Waals surface area contributed by atoms with Crippen molar-refractivity contribution in [2.24, 2.45) is 7.05 Å². The molecule has 3 rings (SSSR count). The van der Waals surface area contributed by atoms with Gasteiger partial charge in [-0.15, -0.1) is 0 Å². The van der Waals surface area contributed by atoms with Crippen LogP contribution in [0.3, 0.4) is 0 Å². The van der Waals surface area contributed by atoms with E-state index in [1.165, 1.54) is 0 Å². The fraction of sp³-hybridized carbons (Fsp3) is 0.273. The third-order valence-corrected chi connectivity index (χ3v) is 4.70. The average Bonchev–Trinajstić information content (AvgIpc) is 2.99. The largest absolute Gasteiger partial charge is 0.489 e. The van der Waals surface area contributed by atoms with Crippen LogP contribution >= 0.6 is 0 Å². The van der Waals surface area contributed by atoms with Crippen molar-refractivity contribution < 1.29 is 9.53 Å². The third-order valence-electron chi connectivity index (χ3n) is 4.70. The molecule has 0 aliphatic carbocycles. The molecular formula is C22H25N3O2. The molecule has 0 atom stereocenters. The Balaban J connectivity index is 1.63. The Morgan fingerprint density at radius 3 is 2.70 bits per heavy atom. The average molecular weight is 363 g/mol. The van der Waals surface area contributed by atoms with Crippen molar-refractivity contribution in [3.8, 4) is 5.75 Å². The molecule has 1 heterocycles. The minimum atomic E-state index is -0.105. The highest BCUT2D eigenvalue weighted by molar-refractivity contribution is 5.94. The highest BCUT2D eigenvalue weighted by Crippen LogP contribution is 2.20. The Labute approximate surface area is 160 Å². The van der Waals surface area contributed by atoms with Gasteiger partial charge in [0.2, 0.25) is 0 Å². The van der Waals surface area contributed by atoms with Crippen LogP contribution in [0.5, 0.6) is 5.75 Å². The highest BCUT2D eigenvalue weighted by Gasteiger charge is 2.09. The summed E-state index contributed by atoms with van der Waals surface area (Å²) in [4.78, 5) is 12.5. The number of nitrogens with zero attached hydrogens (tertiary/aromatic N) is 2. The van der Waals surface area contributed by atoms with Crippen molar-refractivity contribution in [1.29, 1.82) is 0 Å². The standard InChI is InChI=1S/C22H25N3O2/c1-15-8-9-16(2)21(10-15)27-14-18-6-5-7-19(11-18)22(26)23-12-20-13-24-25(4)17(20)3/h5-11,13H,12,14H2,1-4H3,(H,23,26). The summed E-state index contributed by atoms with van der Waals surface area (Å²) in [6, 6.07) is 13.7. The molecule has 0 unspecified atom stereocenters. The van der Waals surface area contributed by atoms with Gasteiger partial charge in [-0.1, -0.05) is 24.3 Å². The van der Waals surface area contributed by atoms with Crippen LogP contribution < -0.4 is 10.1 Å². The molecule has 1 N–H and O–H groups in total. The normalized spacial score (nSPS) is 10.7. The van der Waals surface area contributed by atoms with Crippen molar-refractivity contribution >= 4 is 5.91 Å². The van der Waals surface area contributed by atoms with Crippen LogP contribution in [0.2, 0.25) is 0 Å². The van der Waals surface area contributed by atoms with Gasteiger partial charge in [-0.25, -0.2) is 0 Å². The van der Waals surface area contributed by atoms with Gasteiger partial charge in [-0.05, 0) is 55.7 Å². The number of rotatable bonds is 6. The number of aryl methyl sites for hydroxylation is 3. The van der Waals surface area contributed by atoms with Crippen LogP contribution in [0.1, 0.15) is 38.3 Å². The smallest absolute Gasteiger partial charge is 0.251 e. The fourth-order valence-electron chi connectivity index (χ4n) is 2.82. The highest BCUT2D eigenvalue weighted by atomic mass is 16.5. The van der Waals surface area contributed by atoms with E-state index in [0.29, 0.717) is 18.7 Å². The number of aromatic nitrogens is 2. The van der Waals surface area contributed by atoms with Gasteiger partial charge >= 0.3 is 0 Å². The molecule has 0 aliphatic rings. The van der Waals surface area contributed by atoms with E-state index in [-0.39, 0.29) is 5.91 Å². The van der Waals surface area contributed by atoms with E-state index in [1.54, 1.807) is 10.9 Å². The zero-order valence-electron chi connectivity index (χ0n) is 16.2. The first-order valence-corrected chi connectivity index (χ1v) is 8.98. The molecule has 3 aromatic rings. The number of hydrogen-bond donors (Lipinski definition) is 1. The number of carbonyl (C=O) groups is 1. The van der Waals surface area contributed by atoms with E-state index in [0.717, 1.165) is 33.7 Å². The number of hydrogen-bond acceptors (Lipinski definition) is 3. The van der Waals surface area contributed by atoms with Gasteiger partial charge in [-0.3, -0.25) is 9.48 Å². The molecule has 0 aliphatic heterocycles. The summed E-state index contributed by atoms with van der Waals surface area (Å²) in [5, 5.41) is 7.15. The van der Waals surface area contributed by atoms with Crippen LogP contribution in [-0.4, -0.2) is 15.7 Å². The molecule has 1 aromatic heterocycles. The second-order valence-electron chi connectivity index (χ2n) is 6.82. The molecule has 2 aromatic carbocycles. The molecule has 1 amide bonds. The first kappa shape index (κ1) is 18.7. The minimum absolute atomic E-state index is 0.105. The molecule has 0 saturated carbocycles. The van der Waals surface area contributed by atoms with Crippen LogP contribution in [0.4, 0.5) is 0 Å². The second kappa shape index (κ2) is 8.08. The number of nitrogens with one attached hydrogen (secondary N) is 1. The van der Waals surface area contributed by atoms with Crippen LogP contribution in [0, 0.1) is 20.8 Å². The third kappa shape index (κ3) is 4.56. The maximum atomic E-state index is 12.5. The maximum Gasteiger partial charge on any atom is 0.251 e. The Morgan fingerprint density at radius 1 is 1.15 bits per heavy atom. The molecule has 0 bridgehead atoms. The van der Waals surface area contributed by atoms with Gasteiger partial charge in [0.1, 0.15) is 12.4 Å². The second-order valence-corrected chi connectivity index (χ2v) is 6.82. The quantitative estimate of drug-likeness (QED) is 0.724. The molecule has 0 fully saturated rings. The number of ether oxygens (including phenoxy) is 1. The summed E-state index contributed by atoms with van der Waals surface area (Å²) < 4.78 is 7.74. The van der Waals surface area contributed by atoms with E-state index >= 15 is 0 Å². The van der Waals surface area contributed by atoms with Crippen molar-refractivity contribution in [2.75, 3.05) is 0 Å².